The molecule has 1 aliphatic heterocycles. The fourth-order valence-corrected chi connectivity index (χ4v) is 3.32. The van der Waals surface area contributed by atoms with Crippen LogP contribution in [0.5, 0.6) is 5.75 Å². The van der Waals surface area contributed by atoms with Crippen LogP contribution in [0, 0.1) is 0 Å². The van der Waals surface area contributed by atoms with Crippen molar-refractivity contribution in [3.8, 4) is 11.4 Å². The van der Waals surface area contributed by atoms with Crippen molar-refractivity contribution in [2.75, 3.05) is 23.9 Å². The second kappa shape index (κ2) is 8.09. The molecular formula is C20H20N6O3. The molecule has 2 amide bonds. The quantitative estimate of drug-likeness (QED) is 0.688. The predicted octanol–water partition coefficient (Wildman–Crippen LogP) is 1.98. The van der Waals surface area contributed by atoms with Gasteiger partial charge in [0.15, 0.2) is 0 Å². The van der Waals surface area contributed by atoms with E-state index in [1.54, 1.807) is 34.9 Å². The van der Waals surface area contributed by atoms with Gasteiger partial charge in [0.1, 0.15) is 12.1 Å². The molecule has 1 fully saturated rings. The molecule has 0 atom stereocenters. The molecule has 0 aliphatic carbocycles. The van der Waals surface area contributed by atoms with E-state index < -0.39 is 0 Å². The van der Waals surface area contributed by atoms with E-state index in [9.17, 15) is 9.59 Å². The largest absolute Gasteiger partial charge is 0.495 e. The van der Waals surface area contributed by atoms with Crippen LogP contribution in [0.1, 0.15) is 18.4 Å². The van der Waals surface area contributed by atoms with Gasteiger partial charge in [-0.15, -0.1) is 5.10 Å². The first kappa shape index (κ1) is 18.6. The third-order valence-corrected chi connectivity index (χ3v) is 4.74. The number of hydrogen-bond acceptors (Lipinski definition) is 6. The molecule has 1 saturated heterocycles. The van der Waals surface area contributed by atoms with Gasteiger partial charge in [-0.25, -0.2) is 4.68 Å². The van der Waals surface area contributed by atoms with E-state index in [0.717, 1.165) is 17.7 Å². The number of tetrazole rings is 1. The summed E-state index contributed by atoms with van der Waals surface area (Å²) in [5.41, 5.74) is 2.98. The minimum Gasteiger partial charge on any atom is -0.495 e. The van der Waals surface area contributed by atoms with Crippen molar-refractivity contribution in [2.24, 2.45) is 0 Å². The zero-order valence-corrected chi connectivity index (χ0v) is 15.9. The van der Waals surface area contributed by atoms with E-state index >= 15 is 0 Å². The van der Waals surface area contributed by atoms with Crippen LogP contribution in [-0.4, -0.2) is 45.7 Å². The van der Waals surface area contributed by atoms with Gasteiger partial charge in [0.25, 0.3) is 0 Å². The van der Waals surface area contributed by atoms with Gasteiger partial charge in [0.05, 0.1) is 24.9 Å². The number of hydrogen-bond donors (Lipinski definition) is 1. The lowest BCUT2D eigenvalue weighted by Gasteiger charge is -2.20. The summed E-state index contributed by atoms with van der Waals surface area (Å²) in [5.74, 6) is 0.523. The molecule has 3 aromatic rings. The third-order valence-electron chi connectivity index (χ3n) is 4.74. The van der Waals surface area contributed by atoms with Gasteiger partial charge < -0.3 is 15.0 Å². The molecule has 1 aliphatic rings. The van der Waals surface area contributed by atoms with Gasteiger partial charge in [-0.3, -0.25) is 9.59 Å². The number of benzene rings is 2. The number of carbonyl (C=O) groups excluding carboxylic acids is 2. The van der Waals surface area contributed by atoms with Gasteiger partial charge in [0, 0.05) is 18.7 Å². The summed E-state index contributed by atoms with van der Waals surface area (Å²) in [6.07, 6.45) is 3.08. The molecule has 4 rings (SSSR count). The number of nitrogens with one attached hydrogen (secondary N) is 1. The summed E-state index contributed by atoms with van der Waals surface area (Å²) in [7, 11) is 1.57. The van der Waals surface area contributed by atoms with Crippen molar-refractivity contribution >= 4 is 23.2 Å². The Balaban J connectivity index is 1.45. The molecule has 9 nitrogen and oxygen atoms in total. The highest BCUT2D eigenvalue weighted by Crippen LogP contribution is 2.34. The Bertz CT molecular complexity index is 1020. The van der Waals surface area contributed by atoms with Gasteiger partial charge in [-0.1, -0.05) is 12.1 Å². The fraction of sp³-hybridized carbons (Fsp3) is 0.250. The van der Waals surface area contributed by atoms with E-state index in [4.69, 9.17) is 4.74 Å². The lowest BCUT2D eigenvalue weighted by Crippen LogP contribution is -2.24. The van der Waals surface area contributed by atoms with Crippen LogP contribution >= 0.6 is 0 Å². The summed E-state index contributed by atoms with van der Waals surface area (Å²) in [4.78, 5) is 26.3. The number of anilines is 2. The molecule has 0 unspecified atom stereocenters. The average molecular weight is 392 g/mol. The number of ether oxygens (including phenoxy) is 1. The Hall–Kier alpha value is -3.75. The molecule has 2 heterocycles. The molecule has 1 aromatic heterocycles. The molecule has 9 heteroatoms. The van der Waals surface area contributed by atoms with Crippen molar-refractivity contribution in [1.82, 2.24) is 20.2 Å². The van der Waals surface area contributed by atoms with Crippen LogP contribution in [0.2, 0.25) is 0 Å². The molecule has 0 spiro atoms. The Kier molecular flexibility index (Phi) is 5.19. The summed E-state index contributed by atoms with van der Waals surface area (Å²) in [6, 6.07) is 12.7. The zero-order chi connectivity index (χ0) is 20.2. The van der Waals surface area contributed by atoms with Crippen LogP contribution < -0.4 is 15.0 Å². The molecule has 2 aromatic carbocycles. The third kappa shape index (κ3) is 4.08. The highest BCUT2D eigenvalue weighted by Gasteiger charge is 2.24. The number of carbonyl (C=O) groups is 2. The maximum Gasteiger partial charge on any atom is 0.228 e. The number of aromatic nitrogens is 4. The highest BCUT2D eigenvalue weighted by atomic mass is 16.5. The maximum atomic E-state index is 12.5. The van der Waals surface area contributed by atoms with Crippen molar-refractivity contribution in [3.05, 3.63) is 54.4 Å². The van der Waals surface area contributed by atoms with Crippen LogP contribution in [0.15, 0.2) is 48.8 Å². The molecule has 0 bridgehead atoms. The molecule has 148 valence electrons. The van der Waals surface area contributed by atoms with Crippen molar-refractivity contribution in [3.63, 3.8) is 0 Å². The first-order valence-corrected chi connectivity index (χ1v) is 9.24. The number of methoxy groups -OCH3 is 1. The van der Waals surface area contributed by atoms with Gasteiger partial charge >= 0.3 is 0 Å². The van der Waals surface area contributed by atoms with Gasteiger partial charge in [-0.2, -0.15) is 0 Å². The lowest BCUT2D eigenvalue weighted by atomic mass is 10.1. The first-order valence-electron chi connectivity index (χ1n) is 9.24. The molecule has 29 heavy (non-hydrogen) atoms. The van der Waals surface area contributed by atoms with E-state index in [-0.39, 0.29) is 18.2 Å². The van der Waals surface area contributed by atoms with E-state index in [2.05, 4.69) is 20.8 Å². The summed E-state index contributed by atoms with van der Waals surface area (Å²) in [6.45, 7) is 0.653. The number of amides is 2. The normalized spacial score (nSPS) is 13.6. The predicted molar refractivity (Wildman–Crippen MR) is 106 cm³/mol. The Morgan fingerprint density at radius 2 is 2.03 bits per heavy atom. The van der Waals surface area contributed by atoms with Crippen LogP contribution in [0.3, 0.4) is 0 Å². The second-order valence-electron chi connectivity index (χ2n) is 6.68. The van der Waals surface area contributed by atoms with Crippen LogP contribution in [-0.2, 0) is 16.0 Å². The zero-order valence-electron chi connectivity index (χ0n) is 15.9. The summed E-state index contributed by atoms with van der Waals surface area (Å²) < 4.78 is 6.92. The van der Waals surface area contributed by atoms with E-state index in [0.29, 0.717) is 30.1 Å². The minimum atomic E-state index is -0.149. The smallest absolute Gasteiger partial charge is 0.228 e. The average Bonchev–Trinajstić information content (AvgIpc) is 3.40. The lowest BCUT2D eigenvalue weighted by molar-refractivity contribution is -0.117. The second-order valence-corrected chi connectivity index (χ2v) is 6.68. The summed E-state index contributed by atoms with van der Waals surface area (Å²) in [5, 5.41) is 13.9. The fourth-order valence-electron chi connectivity index (χ4n) is 3.32. The van der Waals surface area contributed by atoms with Crippen LogP contribution in [0.4, 0.5) is 11.4 Å². The van der Waals surface area contributed by atoms with Crippen molar-refractivity contribution in [1.29, 1.82) is 0 Å². The standard InChI is InChI=1S/C20H20N6O3/c1-29-18-9-6-15(12-17(18)25-10-2-3-20(25)28)22-19(27)11-14-4-7-16(8-5-14)26-13-21-23-24-26/h4-9,12-13H,2-3,10-11H2,1H3,(H,22,27). The monoisotopic (exact) mass is 392 g/mol. The van der Waals surface area contributed by atoms with E-state index in [1.165, 1.54) is 6.33 Å². The molecule has 0 radical (unpaired) electrons. The van der Waals surface area contributed by atoms with E-state index in [1.807, 2.05) is 24.3 Å². The first-order chi connectivity index (χ1) is 14.1. The van der Waals surface area contributed by atoms with Gasteiger partial charge in [0.2, 0.25) is 11.8 Å². The number of nitrogens with zero attached hydrogens (tertiary/aromatic N) is 5. The molecule has 0 saturated carbocycles. The van der Waals surface area contributed by atoms with Crippen molar-refractivity contribution in [2.45, 2.75) is 19.3 Å². The topological polar surface area (TPSA) is 102 Å². The van der Waals surface area contributed by atoms with Crippen LogP contribution in [0.25, 0.3) is 5.69 Å². The minimum absolute atomic E-state index is 0.0643. The number of rotatable bonds is 6. The Morgan fingerprint density at radius 3 is 2.69 bits per heavy atom. The van der Waals surface area contributed by atoms with Crippen molar-refractivity contribution < 1.29 is 14.3 Å². The highest BCUT2D eigenvalue weighted by molar-refractivity contribution is 5.98. The SMILES string of the molecule is COc1ccc(NC(=O)Cc2ccc(-n3cnnn3)cc2)cc1N1CCCC1=O. The molecular weight excluding hydrogens is 372 g/mol. The Morgan fingerprint density at radius 1 is 1.21 bits per heavy atom. The Labute approximate surface area is 167 Å². The van der Waals surface area contributed by atoms with Gasteiger partial charge in [-0.05, 0) is 52.7 Å². The summed E-state index contributed by atoms with van der Waals surface area (Å²) >= 11 is 0. The molecule has 1 N–H and O–H groups in total. The maximum absolute atomic E-state index is 12.5.